The number of carbonyl (C=O) groups excluding carboxylic acids is 2. The van der Waals surface area contributed by atoms with Gasteiger partial charge in [-0.25, -0.2) is 14.0 Å². The highest BCUT2D eigenvalue weighted by Gasteiger charge is 2.25. The Bertz CT molecular complexity index is 1440. The van der Waals surface area contributed by atoms with Crippen LogP contribution >= 0.6 is 0 Å². The molecule has 0 saturated carbocycles. The van der Waals surface area contributed by atoms with Crippen molar-refractivity contribution < 1.29 is 18.7 Å². The molecule has 0 N–H and O–H groups in total. The van der Waals surface area contributed by atoms with Crippen LogP contribution in [0.15, 0.2) is 72.9 Å². The Hall–Kier alpha value is -4.13. The quantitative estimate of drug-likeness (QED) is 0.299. The second-order valence-electron chi connectivity index (χ2n) is 9.46. The molecule has 0 aliphatic carbocycles. The van der Waals surface area contributed by atoms with Gasteiger partial charge in [0, 0.05) is 48.5 Å². The van der Waals surface area contributed by atoms with Crippen LogP contribution in [0.2, 0.25) is 0 Å². The van der Waals surface area contributed by atoms with Gasteiger partial charge in [0.15, 0.2) is 0 Å². The third-order valence-electron chi connectivity index (χ3n) is 7.06. The number of urea groups is 1. The summed E-state index contributed by atoms with van der Waals surface area (Å²) in [5, 5.41) is 1.16. The molecule has 37 heavy (non-hydrogen) atoms. The fourth-order valence-corrected chi connectivity index (χ4v) is 4.91. The van der Waals surface area contributed by atoms with E-state index in [1.54, 1.807) is 11.0 Å². The number of methoxy groups -OCH3 is 1. The molecule has 5 rings (SSSR count). The van der Waals surface area contributed by atoms with Crippen LogP contribution in [0, 0.1) is 5.82 Å². The highest BCUT2D eigenvalue weighted by Crippen LogP contribution is 2.29. The minimum atomic E-state index is -0.601. The lowest BCUT2D eigenvalue weighted by atomic mass is 10.0. The van der Waals surface area contributed by atoms with Crippen molar-refractivity contribution in [2.75, 3.05) is 25.1 Å². The molecule has 1 aliphatic heterocycles. The maximum atomic E-state index is 15.0. The number of rotatable bonds is 5. The average molecular weight is 500 g/mol. The van der Waals surface area contributed by atoms with E-state index in [1.165, 1.54) is 18.7 Å². The number of benzene rings is 3. The van der Waals surface area contributed by atoms with Gasteiger partial charge < -0.3 is 14.2 Å². The van der Waals surface area contributed by atoms with E-state index in [9.17, 15) is 14.0 Å². The van der Waals surface area contributed by atoms with Crippen molar-refractivity contribution >= 4 is 28.6 Å². The molecule has 4 aromatic rings. The van der Waals surface area contributed by atoms with Gasteiger partial charge in [-0.3, -0.25) is 4.90 Å². The number of likely N-dealkylation sites (tertiary alicyclic amines) is 1. The van der Waals surface area contributed by atoms with Gasteiger partial charge in [-0.2, -0.15) is 0 Å². The summed E-state index contributed by atoms with van der Waals surface area (Å²) in [5.41, 5.74) is 4.45. The van der Waals surface area contributed by atoms with E-state index < -0.39 is 11.8 Å². The van der Waals surface area contributed by atoms with Crippen LogP contribution in [0.1, 0.15) is 35.2 Å². The molecule has 2 heterocycles. The fraction of sp³-hybridized carbons (Fsp3) is 0.267. The Balaban J connectivity index is 1.45. The lowest BCUT2D eigenvalue weighted by Gasteiger charge is -2.33. The molecule has 0 radical (unpaired) electrons. The average Bonchev–Trinajstić information content (AvgIpc) is 3.32. The summed E-state index contributed by atoms with van der Waals surface area (Å²) in [6.45, 7) is 1.43. The molecule has 1 fully saturated rings. The van der Waals surface area contributed by atoms with Crippen molar-refractivity contribution in [1.82, 2.24) is 9.47 Å². The zero-order chi connectivity index (χ0) is 25.9. The summed E-state index contributed by atoms with van der Waals surface area (Å²) >= 11 is 0. The molecule has 6 nitrogen and oxygen atoms in total. The summed E-state index contributed by atoms with van der Waals surface area (Å²) in [6, 6.07) is 20.3. The Morgan fingerprint density at radius 1 is 0.919 bits per heavy atom. The third kappa shape index (κ3) is 5.07. The van der Waals surface area contributed by atoms with Crippen LogP contribution in [-0.4, -0.2) is 41.7 Å². The van der Waals surface area contributed by atoms with Gasteiger partial charge in [0.1, 0.15) is 5.82 Å². The number of halogens is 1. The fourth-order valence-electron chi connectivity index (χ4n) is 4.91. The first-order chi connectivity index (χ1) is 17.9. The highest BCUT2D eigenvalue weighted by atomic mass is 19.1. The largest absolute Gasteiger partial charge is 0.465 e. The number of hydrogen-bond donors (Lipinski definition) is 0. The molecule has 190 valence electrons. The zero-order valence-corrected chi connectivity index (χ0v) is 21.1. The summed E-state index contributed by atoms with van der Waals surface area (Å²) in [6.07, 6.45) is 5.07. The lowest BCUT2D eigenvalue weighted by Crippen LogP contribution is -2.45. The van der Waals surface area contributed by atoms with Gasteiger partial charge in [-0.05, 0) is 72.9 Å². The number of aromatic nitrogens is 1. The van der Waals surface area contributed by atoms with Gasteiger partial charge in [0.25, 0.3) is 0 Å². The van der Waals surface area contributed by atoms with Crippen LogP contribution in [0.25, 0.3) is 22.0 Å². The maximum absolute atomic E-state index is 15.0. The minimum Gasteiger partial charge on any atom is -0.465 e. The van der Waals surface area contributed by atoms with Gasteiger partial charge in [0.2, 0.25) is 0 Å². The number of ether oxygens (including phenoxy) is 1. The SMILES string of the molecule is COC(=O)c1ccc(CN(C(=O)N2CCCCC2)c2ccc(-c3ccc4c(ccn4C)c3)cc2)c(F)c1. The second-order valence-corrected chi connectivity index (χ2v) is 9.46. The lowest BCUT2D eigenvalue weighted by molar-refractivity contribution is 0.0600. The van der Waals surface area contributed by atoms with E-state index in [1.807, 2.05) is 42.4 Å². The highest BCUT2D eigenvalue weighted by molar-refractivity contribution is 5.93. The number of hydrogen-bond acceptors (Lipinski definition) is 3. The third-order valence-corrected chi connectivity index (χ3v) is 7.06. The molecular formula is C30H30FN3O3. The van der Waals surface area contributed by atoms with E-state index in [2.05, 4.69) is 28.8 Å². The molecule has 1 aromatic heterocycles. The van der Waals surface area contributed by atoms with Gasteiger partial charge >= 0.3 is 12.0 Å². The molecule has 1 saturated heterocycles. The van der Waals surface area contributed by atoms with E-state index >= 15 is 0 Å². The summed E-state index contributed by atoms with van der Waals surface area (Å²) in [5.74, 6) is -1.15. The normalized spacial score (nSPS) is 13.5. The summed E-state index contributed by atoms with van der Waals surface area (Å²) in [4.78, 5) is 28.8. The van der Waals surface area contributed by atoms with Crippen molar-refractivity contribution in [3.63, 3.8) is 0 Å². The van der Waals surface area contributed by atoms with Crippen molar-refractivity contribution in [3.8, 4) is 11.1 Å². The molecule has 0 bridgehead atoms. The number of amides is 2. The first-order valence-electron chi connectivity index (χ1n) is 12.5. The van der Waals surface area contributed by atoms with Crippen LogP contribution < -0.4 is 4.90 Å². The predicted molar refractivity (Wildman–Crippen MR) is 143 cm³/mol. The van der Waals surface area contributed by atoms with E-state index in [0.29, 0.717) is 24.3 Å². The van der Waals surface area contributed by atoms with Crippen LogP contribution in [-0.2, 0) is 18.3 Å². The molecule has 0 spiro atoms. The minimum absolute atomic E-state index is 0.0535. The zero-order valence-electron chi connectivity index (χ0n) is 21.1. The number of fused-ring (bicyclic) bond motifs is 1. The molecule has 3 aromatic carbocycles. The number of aryl methyl sites for hydroxylation is 1. The van der Waals surface area contributed by atoms with E-state index in [-0.39, 0.29) is 18.1 Å². The van der Waals surface area contributed by atoms with Crippen molar-refractivity contribution in [2.24, 2.45) is 7.05 Å². The topological polar surface area (TPSA) is 54.8 Å². The second kappa shape index (κ2) is 10.5. The Morgan fingerprint density at radius 2 is 1.65 bits per heavy atom. The maximum Gasteiger partial charge on any atom is 0.337 e. The Kier molecular flexibility index (Phi) is 6.95. The van der Waals surface area contributed by atoms with Crippen molar-refractivity contribution in [1.29, 1.82) is 0 Å². The molecule has 7 heteroatoms. The number of anilines is 1. The summed E-state index contributed by atoms with van der Waals surface area (Å²) in [7, 11) is 3.28. The van der Waals surface area contributed by atoms with Gasteiger partial charge in [-0.15, -0.1) is 0 Å². The molecule has 0 atom stereocenters. The molecule has 0 unspecified atom stereocenters. The van der Waals surface area contributed by atoms with E-state index in [0.717, 1.165) is 41.8 Å². The molecule has 2 amide bonds. The van der Waals surface area contributed by atoms with E-state index in [4.69, 9.17) is 4.74 Å². The van der Waals surface area contributed by atoms with Crippen LogP contribution in [0.3, 0.4) is 0 Å². The van der Waals surface area contributed by atoms with Crippen LogP contribution in [0.5, 0.6) is 0 Å². The number of carbonyl (C=O) groups is 2. The first kappa shape index (κ1) is 24.6. The first-order valence-corrected chi connectivity index (χ1v) is 12.5. The van der Waals surface area contributed by atoms with Crippen LogP contribution in [0.4, 0.5) is 14.9 Å². The number of nitrogens with zero attached hydrogens (tertiary/aromatic N) is 3. The Labute approximate surface area is 215 Å². The summed E-state index contributed by atoms with van der Waals surface area (Å²) < 4.78 is 21.8. The van der Waals surface area contributed by atoms with Gasteiger partial charge in [-0.1, -0.05) is 24.3 Å². The Morgan fingerprint density at radius 3 is 2.35 bits per heavy atom. The molecule has 1 aliphatic rings. The van der Waals surface area contributed by atoms with Crippen molar-refractivity contribution in [2.45, 2.75) is 25.8 Å². The van der Waals surface area contributed by atoms with Gasteiger partial charge in [0.05, 0.1) is 19.2 Å². The standard InChI is InChI=1S/C30H30FN3O3/c1-32-17-14-23-18-22(10-13-28(23)32)21-8-11-26(12-9-21)34(30(36)33-15-4-3-5-16-33)20-25-7-6-24(19-27(25)31)29(35)37-2/h6-14,17-19H,3-5,15-16,20H2,1-2H3. The smallest absolute Gasteiger partial charge is 0.337 e. The monoisotopic (exact) mass is 499 g/mol. The predicted octanol–water partition coefficient (Wildman–Crippen LogP) is 6.38. The molecular weight excluding hydrogens is 469 g/mol. The number of esters is 1. The number of piperidine rings is 1. The van der Waals surface area contributed by atoms with Crippen molar-refractivity contribution in [3.05, 3.63) is 89.9 Å².